The summed E-state index contributed by atoms with van der Waals surface area (Å²) in [6, 6.07) is 0.231. The van der Waals surface area contributed by atoms with Gasteiger partial charge < -0.3 is 10.4 Å². The summed E-state index contributed by atoms with van der Waals surface area (Å²) in [5.41, 5.74) is 0. The number of nitrogens with one attached hydrogen (secondary N) is 1. The van der Waals surface area contributed by atoms with Gasteiger partial charge in [-0.25, -0.2) is 0 Å². The minimum absolute atomic E-state index is 0.0237. The highest BCUT2D eigenvalue weighted by atomic mass is 16.4. The first kappa shape index (κ1) is 12.0. The summed E-state index contributed by atoms with van der Waals surface area (Å²) < 4.78 is 0. The Balaban J connectivity index is 2.03. The summed E-state index contributed by atoms with van der Waals surface area (Å²) in [4.78, 5) is 21.6. The lowest BCUT2D eigenvalue weighted by molar-refractivity contribution is -0.137. The maximum Gasteiger partial charge on any atom is 0.303 e. The van der Waals surface area contributed by atoms with Crippen molar-refractivity contribution in [1.82, 2.24) is 5.32 Å². The SMILES string of the molecule is CC(CC1CC1)NC(=O)CCCC(=O)O. The molecule has 0 spiro atoms. The predicted octanol–water partition coefficient (Wildman–Crippen LogP) is 1.55. The molecule has 0 heterocycles. The third-order valence-electron chi connectivity index (χ3n) is 2.59. The van der Waals surface area contributed by atoms with E-state index < -0.39 is 5.97 Å². The number of carbonyl (C=O) groups is 2. The molecule has 1 unspecified atom stereocenters. The topological polar surface area (TPSA) is 66.4 Å². The normalized spacial score (nSPS) is 17.1. The van der Waals surface area contributed by atoms with Gasteiger partial charge in [0.25, 0.3) is 0 Å². The van der Waals surface area contributed by atoms with Crippen LogP contribution < -0.4 is 5.32 Å². The highest BCUT2D eigenvalue weighted by molar-refractivity contribution is 5.77. The molecule has 1 rings (SSSR count). The van der Waals surface area contributed by atoms with Crippen molar-refractivity contribution in [2.45, 2.75) is 51.5 Å². The van der Waals surface area contributed by atoms with E-state index in [1.807, 2.05) is 6.92 Å². The molecule has 1 amide bonds. The molecule has 0 aliphatic heterocycles. The van der Waals surface area contributed by atoms with E-state index in [-0.39, 0.29) is 18.4 Å². The Morgan fingerprint density at radius 3 is 2.60 bits per heavy atom. The van der Waals surface area contributed by atoms with Crippen LogP contribution in [-0.2, 0) is 9.59 Å². The second-order valence-electron chi connectivity index (χ2n) is 4.39. The van der Waals surface area contributed by atoms with Crippen LogP contribution in [0.3, 0.4) is 0 Å². The fourth-order valence-corrected chi connectivity index (χ4v) is 1.66. The van der Waals surface area contributed by atoms with Gasteiger partial charge in [0.2, 0.25) is 5.91 Å². The lowest BCUT2D eigenvalue weighted by Gasteiger charge is -2.12. The monoisotopic (exact) mass is 213 g/mol. The second kappa shape index (κ2) is 5.73. The van der Waals surface area contributed by atoms with E-state index >= 15 is 0 Å². The van der Waals surface area contributed by atoms with Gasteiger partial charge in [-0.15, -0.1) is 0 Å². The molecule has 1 saturated carbocycles. The molecular formula is C11H19NO3. The van der Waals surface area contributed by atoms with Gasteiger partial charge in [0.15, 0.2) is 0 Å². The lowest BCUT2D eigenvalue weighted by atomic mass is 10.1. The molecule has 4 nitrogen and oxygen atoms in total. The smallest absolute Gasteiger partial charge is 0.303 e. The van der Waals surface area contributed by atoms with Crippen LogP contribution in [0.5, 0.6) is 0 Å². The molecule has 1 atom stereocenters. The molecule has 2 N–H and O–H groups in total. The van der Waals surface area contributed by atoms with Gasteiger partial charge in [0.1, 0.15) is 0 Å². The second-order valence-corrected chi connectivity index (χ2v) is 4.39. The van der Waals surface area contributed by atoms with E-state index in [4.69, 9.17) is 5.11 Å². The number of carbonyl (C=O) groups excluding carboxylic acids is 1. The standard InChI is InChI=1S/C11H19NO3/c1-8(7-9-5-6-9)12-10(13)3-2-4-11(14)15/h8-9H,2-7H2,1H3,(H,12,13)(H,14,15). The lowest BCUT2D eigenvalue weighted by Crippen LogP contribution is -2.32. The average Bonchev–Trinajstić information content (AvgIpc) is 2.86. The maximum absolute atomic E-state index is 11.3. The zero-order chi connectivity index (χ0) is 11.3. The van der Waals surface area contributed by atoms with E-state index in [2.05, 4.69) is 5.32 Å². The summed E-state index contributed by atoms with van der Waals surface area (Å²) in [6.45, 7) is 2.01. The molecule has 0 bridgehead atoms. The average molecular weight is 213 g/mol. The molecule has 0 aromatic heterocycles. The van der Waals surface area contributed by atoms with Crippen molar-refractivity contribution in [3.05, 3.63) is 0 Å². The fourth-order valence-electron chi connectivity index (χ4n) is 1.66. The van der Waals surface area contributed by atoms with Crippen molar-refractivity contribution < 1.29 is 14.7 Å². The molecule has 15 heavy (non-hydrogen) atoms. The Kier molecular flexibility index (Phi) is 4.59. The minimum Gasteiger partial charge on any atom is -0.481 e. The number of aliphatic carboxylic acids is 1. The predicted molar refractivity (Wildman–Crippen MR) is 56.4 cm³/mol. The van der Waals surface area contributed by atoms with Gasteiger partial charge in [0.05, 0.1) is 0 Å². The van der Waals surface area contributed by atoms with Crippen molar-refractivity contribution in [3.63, 3.8) is 0 Å². The van der Waals surface area contributed by atoms with E-state index in [0.29, 0.717) is 12.8 Å². The number of carboxylic acids is 1. The molecule has 4 heteroatoms. The van der Waals surface area contributed by atoms with Crippen molar-refractivity contribution in [2.75, 3.05) is 0 Å². The van der Waals surface area contributed by atoms with Crippen molar-refractivity contribution in [1.29, 1.82) is 0 Å². The largest absolute Gasteiger partial charge is 0.481 e. The van der Waals surface area contributed by atoms with Crippen LogP contribution in [0.15, 0.2) is 0 Å². The number of amides is 1. The van der Waals surface area contributed by atoms with E-state index in [1.54, 1.807) is 0 Å². The van der Waals surface area contributed by atoms with Crippen LogP contribution in [0.25, 0.3) is 0 Å². The summed E-state index contributed by atoms with van der Waals surface area (Å²) in [7, 11) is 0. The number of hydrogen-bond donors (Lipinski definition) is 2. The van der Waals surface area contributed by atoms with Gasteiger partial charge in [-0.05, 0) is 25.7 Å². The molecule has 0 radical (unpaired) electrons. The molecular weight excluding hydrogens is 194 g/mol. The van der Waals surface area contributed by atoms with Gasteiger partial charge >= 0.3 is 5.97 Å². The molecule has 86 valence electrons. The molecule has 0 aromatic rings. The molecule has 1 aliphatic carbocycles. The first-order valence-corrected chi connectivity index (χ1v) is 5.59. The summed E-state index contributed by atoms with van der Waals surface area (Å²) in [5, 5.41) is 11.3. The first-order valence-electron chi connectivity index (χ1n) is 5.59. The van der Waals surface area contributed by atoms with E-state index in [9.17, 15) is 9.59 Å². The van der Waals surface area contributed by atoms with Gasteiger partial charge in [-0.1, -0.05) is 12.8 Å². The third-order valence-corrected chi connectivity index (χ3v) is 2.59. The Bertz CT molecular complexity index is 236. The Morgan fingerprint density at radius 2 is 2.07 bits per heavy atom. The Morgan fingerprint density at radius 1 is 1.40 bits per heavy atom. The van der Waals surface area contributed by atoms with Gasteiger partial charge in [-0.3, -0.25) is 9.59 Å². The van der Waals surface area contributed by atoms with Crippen LogP contribution in [-0.4, -0.2) is 23.0 Å². The zero-order valence-electron chi connectivity index (χ0n) is 9.16. The van der Waals surface area contributed by atoms with Crippen molar-refractivity contribution >= 4 is 11.9 Å². The van der Waals surface area contributed by atoms with Gasteiger partial charge in [0, 0.05) is 18.9 Å². The van der Waals surface area contributed by atoms with Crippen LogP contribution in [0, 0.1) is 5.92 Å². The molecule has 0 aromatic carbocycles. The van der Waals surface area contributed by atoms with Crippen LogP contribution in [0.2, 0.25) is 0 Å². The summed E-state index contributed by atoms with van der Waals surface area (Å²) in [6.07, 6.45) is 4.46. The Labute approximate surface area is 90.0 Å². The minimum atomic E-state index is -0.839. The molecule has 0 saturated heterocycles. The molecule has 1 aliphatic rings. The summed E-state index contributed by atoms with van der Waals surface area (Å²) in [5.74, 6) is -0.0578. The number of rotatable bonds is 7. The fraction of sp³-hybridized carbons (Fsp3) is 0.818. The highest BCUT2D eigenvalue weighted by Gasteiger charge is 2.23. The van der Waals surface area contributed by atoms with Gasteiger partial charge in [-0.2, -0.15) is 0 Å². The Hall–Kier alpha value is -1.06. The van der Waals surface area contributed by atoms with Crippen LogP contribution in [0.4, 0.5) is 0 Å². The first-order chi connectivity index (χ1) is 7.08. The van der Waals surface area contributed by atoms with E-state index in [0.717, 1.165) is 12.3 Å². The maximum atomic E-state index is 11.3. The van der Waals surface area contributed by atoms with Crippen molar-refractivity contribution in [2.24, 2.45) is 5.92 Å². The van der Waals surface area contributed by atoms with Crippen molar-refractivity contribution in [3.8, 4) is 0 Å². The number of hydrogen-bond acceptors (Lipinski definition) is 2. The van der Waals surface area contributed by atoms with Crippen LogP contribution >= 0.6 is 0 Å². The van der Waals surface area contributed by atoms with E-state index in [1.165, 1.54) is 12.8 Å². The number of carboxylic acid groups (broad SMARTS) is 1. The zero-order valence-corrected chi connectivity index (χ0v) is 9.16. The highest BCUT2D eigenvalue weighted by Crippen LogP contribution is 2.33. The third kappa shape index (κ3) is 6.10. The summed E-state index contributed by atoms with van der Waals surface area (Å²) >= 11 is 0. The molecule has 1 fully saturated rings. The van der Waals surface area contributed by atoms with Crippen LogP contribution in [0.1, 0.15) is 45.4 Å². The quantitative estimate of drug-likeness (QED) is 0.674.